The summed E-state index contributed by atoms with van der Waals surface area (Å²) in [5.74, 6) is 1.04. The minimum atomic E-state index is -1.23. The van der Waals surface area contributed by atoms with Crippen molar-refractivity contribution in [2.75, 3.05) is 7.11 Å². The molecule has 3 aliphatic rings. The Kier molecular flexibility index (Phi) is 13.1. The average Bonchev–Trinajstić information content (AvgIpc) is 3.77. The molecule has 3 aliphatic carbocycles. The average molecular weight is 915 g/mol. The number of rotatable bonds is 6. The van der Waals surface area contributed by atoms with Gasteiger partial charge in [-0.15, -0.1) is 0 Å². The van der Waals surface area contributed by atoms with Crippen molar-refractivity contribution in [3.8, 4) is 39.1 Å². The van der Waals surface area contributed by atoms with Crippen LogP contribution in [0.15, 0.2) is 71.8 Å². The van der Waals surface area contributed by atoms with Crippen LogP contribution in [-0.4, -0.2) is 20.7 Å². The van der Waals surface area contributed by atoms with Crippen LogP contribution in [0.4, 0.5) is 0 Å². The maximum absolute atomic E-state index is 6.43. The summed E-state index contributed by atoms with van der Waals surface area (Å²) >= 11 is -1.23. The van der Waals surface area contributed by atoms with Gasteiger partial charge in [-0.25, -0.2) is 0 Å². The number of halogens is 2. The Balaban J connectivity index is 0.00000293. The second-order valence-electron chi connectivity index (χ2n) is 18.9. The molecule has 59 heavy (non-hydrogen) atoms. The van der Waals surface area contributed by atoms with Gasteiger partial charge in [0.25, 0.3) is 0 Å². The molecule has 2 atom stereocenters. The summed E-state index contributed by atoms with van der Waals surface area (Å²) in [5.41, 5.74) is 30.1. The van der Waals surface area contributed by atoms with Crippen LogP contribution < -0.4 is 29.6 Å². The molecule has 0 fully saturated rings. The van der Waals surface area contributed by atoms with Crippen molar-refractivity contribution in [2.24, 2.45) is 0 Å². The van der Waals surface area contributed by atoms with Crippen molar-refractivity contribution in [1.29, 1.82) is 0 Å². The molecule has 1 nitrogen and oxygen atoms in total. The molecule has 0 amide bonds. The summed E-state index contributed by atoms with van der Waals surface area (Å²) in [4.78, 5) is 0. The first-order valence-electron chi connectivity index (χ1n) is 21.0. The normalized spacial score (nSPS) is 16.3. The molecule has 0 saturated heterocycles. The maximum atomic E-state index is 6.43. The molecule has 0 N–H and O–H groups in total. The second kappa shape index (κ2) is 17.0. The Morgan fingerprint density at radius 2 is 1.02 bits per heavy atom. The minimum Gasteiger partial charge on any atom is -1.00 e. The number of methoxy groups -OCH3 is 1. The van der Waals surface area contributed by atoms with Crippen LogP contribution in [0, 0.1) is 41.5 Å². The van der Waals surface area contributed by atoms with Gasteiger partial charge in [0.05, 0.1) is 0 Å². The van der Waals surface area contributed by atoms with E-state index in [1.165, 1.54) is 95.4 Å². The van der Waals surface area contributed by atoms with Crippen LogP contribution in [0.3, 0.4) is 0 Å². The van der Waals surface area contributed by atoms with Crippen molar-refractivity contribution in [3.05, 3.63) is 144 Å². The van der Waals surface area contributed by atoms with E-state index in [-0.39, 0.29) is 30.2 Å². The van der Waals surface area contributed by atoms with Gasteiger partial charge in [0, 0.05) is 0 Å². The van der Waals surface area contributed by atoms with Crippen molar-refractivity contribution < 1.29 is 52.8 Å². The van der Waals surface area contributed by atoms with Gasteiger partial charge in [-0.3, -0.25) is 0 Å². The summed E-state index contributed by atoms with van der Waals surface area (Å²) in [6, 6.07) is 24.2. The summed E-state index contributed by atoms with van der Waals surface area (Å²) in [6.07, 6.45) is 7.53. The van der Waals surface area contributed by atoms with E-state index in [0.29, 0.717) is 7.25 Å². The third-order valence-corrected chi connectivity index (χ3v) is 19.8. The van der Waals surface area contributed by atoms with Crippen LogP contribution >= 0.6 is 0 Å². The number of fused-ring (bicyclic) bond motifs is 3. The van der Waals surface area contributed by atoms with Gasteiger partial charge < -0.3 is 24.8 Å². The topological polar surface area (TPSA) is 9.23 Å². The minimum absolute atomic E-state index is 0. The molecule has 5 heteroatoms. The first-order chi connectivity index (χ1) is 26.9. The van der Waals surface area contributed by atoms with Crippen LogP contribution in [-0.2, 0) is 35.1 Å². The third kappa shape index (κ3) is 8.09. The van der Waals surface area contributed by atoms with E-state index in [0.717, 1.165) is 12.2 Å². The molecule has 5 aromatic carbocycles. The van der Waals surface area contributed by atoms with E-state index in [9.17, 15) is 0 Å². The number of hydrogen-bond donors (Lipinski definition) is 0. The summed E-state index contributed by atoms with van der Waals surface area (Å²) in [5, 5.41) is 1.73. The molecule has 304 valence electrons. The monoisotopic (exact) mass is 912 g/mol. The van der Waals surface area contributed by atoms with Crippen LogP contribution in [0.25, 0.3) is 45.5 Å². The Morgan fingerprint density at radius 3 is 1.49 bits per heavy atom. The smallest absolute Gasteiger partial charge is 1.00 e. The molecule has 0 spiro atoms. The van der Waals surface area contributed by atoms with E-state index in [1.807, 2.05) is 7.11 Å². The molecule has 0 aliphatic heterocycles. The number of hydrogen-bond acceptors (Lipinski definition) is 1. The van der Waals surface area contributed by atoms with Gasteiger partial charge in [0.1, 0.15) is 0 Å². The van der Waals surface area contributed by atoms with E-state index in [1.54, 1.807) is 33.0 Å². The van der Waals surface area contributed by atoms with Crippen LogP contribution in [0.1, 0.15) is 121 Å². The largest absolute Gasteiger partial charge is 1.00 e. The van der Waals surface area contributed by atoms with Gasteiger partial charge in [0.2, 0.25) is 0 Å². The van der Waals surface area contributed by atoms with Gasteiger partial charge in [-0.2, -0.15) is 0 Å². The Hall–Kier alpha value is -3.07. The van der Waals surface area contributed by atoms with E-state index in [4.69, 9.17) is 4.74 Å². The first-order valence-corrected chi connectivity index (χ1v) is 26.3. The molecule has 0 saturated carbocycles. The van der Waals surface area contributed by atoms with Gasteiger partial charge in [-0.05, 0) is 0 Å². The van der Waals surface area contributed by atoms with E-state index in [2.05, 4.69) is 162 Å². The SMILES string of the molecule is COc1c(C(C)(C)C)cc2c(c1-c1cc(C)cc(C)c1)C=C(C)[CH]2[Zr+2][CH]1C(C)=Cc2c(-c3cc(C)cc(C)c3)c3c(c(-c4cc(C)cc(C)c4)c21)CCC3=[Si](C)C.[Cl-].[Cl-]. The molecular weight excluding hydrogens is 855 g/mol. The first kappa shape index (κ1) is 45.5. The summed E-state index contributed by atoms with van der Waals surface area (Å²) in [7, 11) is 1.22. The number of ether oxygens (including phenoxy) is 1. The van der Waals surface area contributed by atoms with Crippen molar-refractivity contribution in [1.82, 2.24) is 0 Å². The molecule has 0 heterocycles. The summed E-state index contributed by atoms with van der Waals surface area (Å²) in [6.45, 7) is 30.5. The van der Waals surface area contributed by atoms with Gasteiger partial charge in [0.15, 0.2) is 0 Å². The van der Waals surface area contributed by atoms with Crippen molar-refractivity contribution in [2.45, 2.75) is 115 Å². The van der Waals surface area contributed by atoms with E-state index < -0.39 is 31.6 Å². The summed E-state index contributed by atoms with van der Waals surface area (Å²) < 4.78 is 7.36. The fourth-order valence-corrected chi connectivity index (χ4v) is 16.7. The van der Waals surface area contributed by atoms with Crippen LogP contribution in [0.5, 0.6) is 5.75 Å². The molecule has 0 radical (unpaired) electrons. The standard InChI is InChI=1S/C31H33Si.C23H27O.2ClH.Zr/c1-18-10-19(2)13-23(12-18)29-25-8-9-28(32(6)7)31(25)30(27-17-22(5)16-26(27)29)24-14-20(3)11-21(4)15-24;1-14-8-15(2)11-18(10-14)21-19-12-16(3)9-17(19)13-20(22(21)24-7)23(4,5)6;;;/h10-17H,8-9H2,1-7H3;8-13H,1-7H3;2*1H;/q;;;;+2/p-2. The Bertz CT molecular complexity index is 2570. The van der Waals surface area contributed by atoms with Crippen molar-refractivity contribution >= 4 is 25.7 Å². The van der Waals surface area contributed by atoms with Crippen LogP contribution in [0.2, 0.25) is 13.1 Å². The Labute approximate surface area is 380 Å². The molecule has 5 aromatic rings. The zero-order valence-electron chi connectivity index (χ0n) is 37.7. The second-order valence-corrected chi connectivity index (χ2v) is 25.2. The van der Waals surface area contributed by atoms with Gasteiger partial charge >= 0.3 is 359 Å². The molecular formula is C54H60Cl2OSiZr. The fourth-order valence-electron chi connectivity index (χ4n) is 10.6. The number of aryl methyl sites for hydroxylation is 6. The van der Waals surface area contributed by atoms with E-state index >= 15 is 0 Å². The predicted molar refractivity (Wildman–Crippen MR) is 246 cm³/mol. The molecule has 2 unspecified atom stereocenters. The van der Waals surface area contributed by atoms with Gasteiger partial charge in [-0.1, -0.05) is 0 Å². The molecule has 8 rings (SSSR count). The maximum Gasteiger partial charge on any atom is -1.00 e. The third-order valence-electron chi connectivity index (χ3n) is 12.7. The zero-order valence-corrected chi connectivity index (χ0v) is 42.6. The number of benzene rings is 5. The van der Waals surface area contributed by atoms with Crippen molar-refractivity contribution in [3.63, 3.8) is 0 Å². The molecule has 0 bridgehead atoms. The predicted octanol–water partition coefficient (Wildman–Crippen LogP) is 8.35. The fraction of sp³-hybridized carbons (Fsp3) is 0.352. The molecule has 0 aromatic heterocycles. The Morgan fingerprint density at radius 1 is 0.559 bits per heavy atom. The quantitative estimate of drug-likeness (QED) is 0.156. The number of allylic oxidation sites excluding steroid dienone is 2. The zero-order chi connectivity index (χ0) is 40.8.